The van der Waals surface area contributed by atoms with E-state index in [2.05, 4.69) is 29.8 Å². The minimum absolute atomic E-state index is 0.0820. The molecule has 0 aliphatic heterocycles. The summed E-state index contributed by atoms with van der Waals surface area (Å²) in [5.41, 5.74) is 3.36. The molecule has 0 aliphatic rings. The van der Waals surface area contributed by atoms with Gasteiger partial charge in [0.15, 0.2) is 0 Å². The third kappa shape index (κ3) is 5.62. The van der Waals surface area contributed by atoms with Crippen molar-refractivity contribution in [2.24, 2.45) is 0 Å². The summed E-state index contributed by atoms with van der Waals surface area (Å²) in [7, 11) is 0. The van der Waals surface area contributed by atoms with Crippen LogP contribution in [0, 0.1) is 0 Å². The molecule has 26 heavy (non-hydrogen) atoms. The van der Waals surface area contributed by atoms with Crippen LogP contribution < -0.4 is 16.0 Å². The maximum atomic E-state index is 12.2. The monoisotopic (exact) mass is 353 g/mol. The van der Waals surface area contributed by atoms with E-state index >= 15 is 0 Å². The number of benzene rings is 2. The number of anilines is 2. The molecule has 0 bridgehead atoms. The zero-order chi connectivity index (χ0) is 18.9. The molecule has 138 valence electrons. The van der Waals surface area contributed by atoms with Crippen LogP contribution in [0.4, 0.5) is 11.4 Å². The minimum atomic E-state index is -0.108. The largest absolute Gasteiger partial charge is 0.376 e. The van der Waals surface area contributed by atoms with E-state index in [-0.39, 0.29) is 18.4 Å². The van der Waals surface area contributed by atoms with Crippen LogP contribution in [0.3, 0.4) is 0 Å². The topological polar surface area (TPSA) is 70.2 Å². The number of carbonyl (C=O) groups excluding carboxylic acids is 2. The van der Waals surface area contributed by atoms with E-state index in [1.165, 1.54) is 0 Å². The SMILES string of the molecule is CCCNC(=O)c1ccc(NCC(=O)Nc2ccccc2C(C)C)cc1. The second kappa shape index (κ2) is 9.61. The Bertz CT molecular complexity index is 739. The van der Waals surface area contributed by atoms with Gasteiger partial charge in [-0.2, -0.15) is 0 Å². The van der Waals surface area contributed by atoms with E-state index in [1.54, 1.807) is 24.3 Å². The first-order valence-electron chi connectivity index (χ1n) is 9.02. The van der Waals surface area contributed by atoms with Gasteiger partial charge in [0.25, 0.3) is 5.91 Å². The van der Waals surface area contributed by atoms with Crippen molar-refractivity contribution in [1.82, 2.24) is 5.32 Å². The summed E-state index contributed by atoms with van der Waals surface area (Å²) in [6.45, 7) is 7.03. The molecule has 0 aromatic heterocycles. The zero-order valence-corrected chi connectivity index (χ0v) is 15.6. The van der Waals surface area contributed by atoms with Gasteiger partial charge in [0.1, 0.15) is 0 Å². The van der Waals surface area contributed by atoms with Gasteiger partial charge in [0, 0.05) is 23.5 Å². The molecule has 0 unspecified atom stereocenters. The first-order valence-corrected chi connectivity index (χ1v) is 9.02. The fourth-order valence-corrected chi connectivity index (χ4v) is 2.57. The van der Waals surface area contributed by atoms with Crippen molar-refractivity contribution < 1.29 is 9.59 Å². The number of carbonyl (C=O) groups is 2. The predicted octanol–water partition coefficient (Wildman–Crippen LogP) is 4.00. The summed E-state index contributed by atoms with van der Waals surface area (Å²) in [6, 6.07) is 14.9. The molecule has 0 atom stereocenters. The van der Waals surface area contributed by atoms with Gasteiger partial charge < -0.3 is 16.0 Å². The Balaban J connectivity index is 1.89. The van der Waals surface area contributed by atoms with E-state index in [9.17, 15) is 9.59 Å². The molecule has 2 rings (SSSR count). The Morgan fingerprint density at radius 3 is 2.35 bits per heavy atom. The van der Waals surface area contributed by atoms with Gasteiger partial charge in [-0.3, -0.25) is 9.59 Å². The van der Waals surface area contributed by atoms with E-state index in [4.69, 9.17) is 0 Å². The molecule has 0 heterocycles. The number of para-hydroxylation sites is 1. The van der Waals surface area contributed by atoms with Gasteiger partial charge in [-0.05, 0) is 48.2 Å². The van der Waals surface area contributed by atoms with Crippen LogP contribution in [0.15, 0.2) is 48.5 Å². The van der Waals surface area contributed by atoms with Crippen LogP contribution in [0.5, 0.6) is 0 Å². The molecular formula is C21H27N3O2. The first-order chi connectivity index (χ1) is 12.5. The number of rotatable bonds is 8. The number of nitrogens with one attached hydrogen (secondary N) is 3. The summed E-state index contributed by atoms with van der Waals surface area (Å²) in [5.74, 6) is 0.148. The van der Waals surface area contributed by atoms with Crippen molar-refractivity contribution in [3.63, 3.8) is 0 Å². The van der Waals surface area contributed by atoms with Crippen LogP contribution in [0.25, 0.3) is 0 Å². The molecule has 2 amide bonds. The summed E-state index contributed by atoms with van der Waals surface area (Å²) < 4.78 is 0. The quantitative estimate of drug-likeness (QED) is 0.672. The van der Waals surface area contributed by atoms with Gasteiger partial charge in [-0.25, -0.2) is 0 Å². The van der Waals surface area contributed by atoms with Gasteiger partial charge in [0.05, 0.1) is 6.54 Å². The maximum Gasteiger partial charge on any atom is 0.251 e. The minimum Gasteiger partial charge on any atom is -0.376 e. The lowest BCUT2D eigenvalue weighted by Crippen LogP contribution is -2.24. The van der Waals surface area contributed by atoms with E-state index in [0.717, 1.165) is 23.4 Å². The molecule has 5 nitrogen and oxygen atoms in total. The molecule has 0 fully saturated rings. The molecule has 0 spiro atoms. The third-order valence-electron chi connectivity index (χ3n) is 3.99. The van der Waals surface area contributed by atoms with Crippen LogP contribution in [-0.2, 0) is 4.79 Å². The van der Waals surface area contributed by atoms with Gasteiger partial charge in [-0.15, -0.1) is 0 Å². The van der Waals surface area contributed by atoms with Crippen molar-refractivity contribution in [2.45, 2.75) is 33.1 Å². The lowest BCUT2D eigenvalue weighted by atomic mass is 10.0. The summed E-state index contributed by atoms with van der Waals surface area (Å²) in [5, 5.41) is 8.86. The Morgan fingerprint density at radius 2 is 1.69 bits per heavy atom. The van der Waals surface area contributed by atoms with Crippen LogP contribution in [0.2, 0.25) is 0 Å². The molecule has 5 heteroatoms. The van der Waals surface area contributed by atoms with Crippen LogP contribution >= 0.6 is 0 Å². The standard InChI is InChI=1S/C21H27N3O2/c1-4-13-22-21(26)16-9-11-17(12-10-16)23-14-20(25)24-19-8-6-5-7-18(19)15(2)3/h5-12,15,23H,4,13-14H2,1-3H3,(H,22,26)(H,24,25). The molecule has 0 saturated carbocycles. The second-order valence-electron chi connectivity index (χ2n) is 6.48. The predicted molar refractivity (Wildman–Crippen MR) is 107 cm³/mol. The molecule has 0 radical (unpaired) electrons. The fraction of sp³-hybridized carbons (Fsp3) is 0.333. The third-order valence-corrected chi connectivity index (χ3v) is 3.99. The van der Waals surface area contributed by atoms with E-state index < -0.39 is 0 Å². The zero-order valence-electron chi connectivity index (χ0n) is 15.6. The average molecular weight is 353 g/mol. The smallest absolute Gasteiger partial charge is 0.251 e. The van der Waals surface area contributed by atoms with Gasteiger partial charge in [0.2, 0.25) is 5.91 Å². The van der Waals surface area contributed by atoms with E-state index in [0.29, 0.717) is 18.0 Å². The first kappa shape index (κ1) is 19.5. The molecule has 2 aromatic carbocycles. The highest BCUT2D eigenvalue weighted by molar-refractivity contribution is 5.95. The lowest BCUT2D eigenvalue weighted by Gasteiger charge is -2.14. The Labute approximate surface area is 155 Å². The van der Waals surface area contributed by atoms with Crippen molar-refractivity contribution in [3.05, 3.63) is 59.7 Å². The lowest BCUT2D eigenvalue weighted by molar-refractivity contribution is -0.114. The van der Waals surface area contributed by atoms with Crippen LogP contribution in [-0.4, -0.2) is 24.9 Å². The normalized spacial score (nSPS) is 10.5. The van der Waals surface area contributed by atoms with Crippen molar-refractivity contribution in [3.8, 4) is 0 Å². The maximum absolute atomic E-state index is 12.2. The van der Waals surface area contributed by atoms with Crippen LogP contribution in [0.1, 0.15) is 49.0 Å². The number of amides is 2. The Kier molecular flexibility index (Phi) is 7.21. The summed E-state index contributed by atoms with van der Waals surface area (Å²) >= 11 is 0. The van der Waals surface area contributed by atoms with Crippen molar-refractivity contribution in [1.29, 1.82) is 0 Å². The highest BCUT2D eigenvalue weighted by atomic mass is 16.2. The summed E-state index contributed by atoms with van der Waals surface area (Å²) in [4.78, 5) is 24.1. The fourth-order valence-electron chi connectivity index (χ4n) is 2.57. The van der Waals surface area contributed by atoms with E-state index in [1.807, 2.05) is 31.2 Å². The molecule has 3 N–H and O–H groups in total. The van der Waals surface area contributed by atoms with Gasteiger partial charge >= 0.3 is 0 Å². The second-order valence-corrected chi connectivity index (χ2v) is 6.48. The Hall–Kier alpha value is -2.82. The van der Waals surface area contributed by atoms with Crippen molar-refractivity contribution in [2.75, 3.05) is 23.7 Å². The Morgan fingerprint density at radius 1 is 1.00 bits per heavy atom. The molecule has 0 saturated heterocycles. The molecular weight excluding hydrogens is 326 g/mol. The highest BCUT2D eigenvalue weighted by Gasteiger charge is 2.09. The average Bonchev–Trinajstić information content (AvgIpc) is 2.65. The number of hydrogen-bond donors (Lipinski definition) is 3. The highest BCUT2D eigenvalue weighted by Crippen LogP contribution is 2.23. The van der Waals surface area contributed by atoms with Gasteiger partial charge in [-0.1, -0.05) is 39.0 Å². The van der Waals surface area contributed by atoms with Crippen molar-refractivity contribution >= 4 is 23.2 Å². The number of hydrogen-bond acceptors (Lipinski definition) is 3. The summed E-state index contributed by atoms with van der Waals surface area (Å²) in [6.07, 6.45) is 0.903. The molecule has 0 aliphatic carbocycles. The molecule has 2 aromatic rings.